The summed E-state index contributed by atoms with van der Waals surface area (Å²) in [5, 5.41) is 2.98. The highest BCUT2D eigenvalue weighted by Gasteiger charge is 2.15. The summed E-state index contributed by atoms with van der Waals surface area (Å²) in [6.07, 6.45) is 2.75. The van der Waals surface area contributed by atoms with Gasteiger partial charge in [-0.15, -0.1) is 11.6 Å². The Morgan fingerprint density at radius 2 is 1.80 bits per heavy atom. The van der Waals surface area contributed by atoms with Crippen molar-refractivity contribution in [3.63, 3.8) is 0 Å². The van der Waals surface area contributed by atoms with E-state index in [0.29, 0.717) is 12.5 Å². The summed E-state index contributed by atoms with van der Waals surface area (Å²) < 4.78 is 0. The number of alkyl halides is 1. The molecular weight excluding hydrogens is 210 g/mol. The van der Waals surface area contributed by atoms with Gasteiger partial charge in [-0.05, 0) is 25.2 Å². The molecule has 0 spiro atoms. The third-order valence-electron chi connectivity index (χ3n) is 2.58. The molecule has 0 fully saturated rings. The highest BCUT2D eigenvalue weighted by Crippen LogP contribution is 2.11. The summed E-state index contributed by atoms with van der Waals surface area (Å²) in [6, 6.07) is 0. The lowest BCUT2D eigenvalue weighted by Crippen LogP contribution is -2.34. The second-order valence-electron chi connectivity index (χ2n) is 4.49. The Morgan fingerprint density at radius 3 is 2.20 bits per heavy atom. The van der Waals surface area contributed by atoms with Gasteiger partial charge in [-0.1, -0.05) is 27.7 Å². The van der Waals surface area contributed by atoms with Crippen molar-refractivity contribution in [2.45, 2.75) is 52.3 Å². The molecule has 0 aliphatic carbocycles. The summed E-state index contributed by atoms with van der Waals surface area (Å²) in [6.45, 7) is 8.95. The zero-order valence-electron chi connectivity index (χ0n) is 10.3. The van der Waals surface area contributed by atoms with Crippen LogP contribution < -0.4 is 5.32 Å². The summed E-state index contributed by atoms with van der Waals surface area (Å²) in [5.41, 5.74) is 0. The van der Waals surface area contributed by atoms with Gasteiger partial charge in [0.15, 0.2) is 0 Å². The van der Waals surface area contributed by atoms with E-state index in [9.17, 15) is 4.79 Å². The van der Waals surface area contributed by atoms with Crippen LogP contribution in [-0.2, 0) is 4.79 Å². The summed E-state index contributed by atoms with van der Waals surface area (Å²) in [4.78, 5) is 11.6. The maximum atomic E-state index is 11.6. The molecule has 3 heteroatoms. The van der Waals surface area contributed by atoms with Crippen LogP contribution >= 0.6 is 11.6 Å². The van der Waals surface area contributed by atoms with Gasteiger partial charge in [-0.3, -0.25) is 4.79 Å². The second-order valence-corrected chi connectivity index (χ2v) is 5.10. The van der Waals surface area contributed by atoms with E-state index in [2.05, 4.69) is 19.2 Å². The number of nitrogens with one attached hydrogen (secondary N) is 1. The predicted molar refractivity (Wildman–Crippen MR) is 66.2 cm³/mol. The normalized spacial score (nSPS) is 13.3. The number of halogens is 1. The molecule has 0 heterocycles. The van der Waals surface area contributed by atoms with E-state index in [4.69, 9.17) is 11.6 Å². The zero-order chi connectivity index (χ0) is 11.8. The van der Waals surface area contributed by atoms with Crippen molar-refractivity contribution in [1.29, 1.82) is 0 Å². The number of rotatable bonds is 7. The Bertz CT molecular complexity index is 178. The molecule has 2 nitrogen and oxygen atoms in total. The first-order chi connectivity index (χ1) is 7.01. The van der Waals surface area contributed by atoms with Gasteiger partial charge >= 0.3 is 0 Å². The topological polar surface area (TPSA) is 29.1 Å². The molecule has 90 valence electrons. The van der Waals surface area contributed by atoms with Crippen LogP contribution in [0.5, 0.6) is 0 Å². The Balaban J connectivity index is 3.79. The number of hydrogen-bond donors (Lipinski definition) is 1. The Morgan fingerprint density at radius 1 is 1.27 bits per heavy atom. The minimum atomic E-state index is 0.0586. The average Bonchev–Trinajstić information content (AvgIpc) is 2.15. The first-order valence-corrected chi connectivity index (χ1v) is 6.36. The van der Waals surface area contributed by atoms with Gasteiger partial charge in [0.25, 0.3) is 0 Å². The maximum Gasteiger partial charge on any atom is 0.223 e. The van der Waals surface area contributed by atoms with E-state index in [1.165, 1.54) is 0 Å². The lowest BCUT2D eigenvalue weighted by Gasteiger charge is -2.16. The maximum absolute atomic E-state index is 11.6. The molecule has 1 atom stereocenters. The molecule has 0 aromatic rings. The summed E-state index contributed by atoms with van der Waals surface area (Å²) in [5.74, 6) is 0.875. The number of carbonyl (C=O) groups is 1. The van der Waals surface area contributed by atoms with Crippen molar-refractivity contribution in [2.24, 2.45) is 11.8 Å². The number of hydrogen-bond acceptors (Lipinski definition) is 1. The van der Waals surface area contributed by atoms with Crippen LogP contribution in [0, 0.1) is 11.8 Å². The molecule has 0 rings (SSSR count). The standard InChI is InChI=1S/C12H24ClNO/c1-5-10(6-2)12(15)14-8-11(13)7-9(3)4/h9-11H,5-8H2,1-4H3,(H,14,15). The first kappa shape index (κ1) is 14.8. The third kappa shape index (κ3) is 6.77. The molecule has 0 bridgehead atoms. The fraction of sp³-hybridized carbons (Fsp3) is 0.917. The lowest BCUT2D eigenvalue weighted by atomic mass is 10.0. The third-order valence-corrected chi connectivity index (χ3v) is 2.91. The molecule has 1 unspecified atom stereocenters. The first-order valence-electron chi connectivity index (χ1n) is 5.92. The largest absolute Gasteiger partial charge is 0.354 e. The van der Waals surface area contributed by atoms with E-state index in [1.54, 1.807) is 0 Å². The average molecular weight is 234 g/mol. The lowest BCUT2D eigenvalue weighted by molar-refractivity contribution is -0.125. The van der Waals surface area contributed by atoms with E-state index in [1.807, 2.05) is 13.8 Å². The highest BCUT2D eigenvalue weighted by molar-refractivity contribution is 6.20. The molecule has 0 aliphatic heterocycles. The van der Waals surface area contributed by atoms with Gasteiger partial charge in [0, 0.05) is 12.5 Å². The van der Waals surface area contributed by atoms with Gasteiger partial charge in [0.2, 0.25) is 5.91 Å². The minimum Gasteiger partial charge on any atom is -0.354 e. The van der Waals surface area contributed by atoms with Crippen molar-refractivity contribution in [3.8, 4) is 0 Å². The van der Waals surface area contributed by atoms with Crippen molar-refractivity contribution in [3.05, 3.63) is 0 Å². The second kappa shape index (κ2) is 7.98. The molecule has 1 N–H and O–H groups in total. The van der Waals surface area contributed by atoms with Crippen LogP contribution in [-0.4, -0.2) is 17.8 Å². The minimum absolute atomic E-state index is 0.0586. The highest BCUT2D eigenvalue weighted by atomic mass is 35.5. The molecule has 0 aromatic carbocycles. The van der Waals surface area contributed by atoms with Crippen LogP contribution in [0.15, 0.2) is 0 Å². The molecule has 1 amide bonds. The molecule has 15 heavy (non-hydrogen) atoms. The predicted octanol–water partition coefficient (Wildman–Crippen LogP) is 3.19. The monoisotopic (exact) mass is 233 g/mol. The van der Waals surface area contributed by atoms with Crippen LogP contribution in [0.2, 0.25) is 0 Å². The van der Waals surface area contributed by atoms with Crippen molar-refractivity contribution in [2.75, 3.05) is 6.54 Å². The van der Waals surface area contributed by atoms with E-state index in [-0.39, 0.29) is 17.2 Å². The quantitative estimate of drug-likeness (QED) is 0.673. The Hall–Kier alpha value is -0.240. The van der Waals surface area contributed by atoms with Crippen molar-refractivity contribution >= 4 is 17.5 Å². The summed E-state index contributed by atoms with van der Waals surface area (Å²) >= 11 is 6.10. The van der Waals surface area contributed by atoms with Gasteiger partial charge in [-0.25, -0.2) is 0 Å². The number of amides is 1. The van der Waals surface area contributed by atoms with Crippen LogP contribution in [0.3, 0.4) is 0 Å². The van der Waals surface area contributed by atoms with Gasteiger partial charge in [0.1, 0.15) is 0 Å². The SMILES string of the molecule is CCC(CC)C(=O)NCC(Cl)CC(C)C. The van der Waals surface area contributed by atoms with E-state index < -0.39 is 0 Å². The van der Waals surface area contributed by atoms with Crippen LogP contribution in [0.1, 0.15) is 47.0 Å². The van der Waals surface area contributed by atoms with E-state index in [0.717, 1.165) is 19.3 Å². The zero-order valence-corrected chi connectivity index (χ0v) is 11.1. The van der Waals surface area contributed by atoms with Gasteiger partial charge < -0.3 is 5.32 Å². The van der Waals surface area contributed by atoms with E-state index >= 15 is 0 Å². The number of carbonyl (C=O) groups excluding carboxylic acids is 1. The van der Waals surface area contributed by atoms with Crippen molar-refractivity contribution < 1.29 is 4.79 Å². The molecule has 0 saturated carbocycles. The molecule has 0 aliphatic rings. The van der Waals surface area contributed by atoms with Crippen LogP contribution in [0.25, 0.3) is 0 Å². The van der Waals surface area contributed by atoms with Crippen molar-refractivity contribution in [1.82, 2.24) is 5.32 Å². The summed E-state index contributed by atoms with van der Waals surface area (Å²) in [7, 11) is 0. The smallest absolute Gasteiger partial charge is 0.223 e. The van der Waals surface area contributed by atoms with Gasteiger partial charge in [-0.2, -0.15) is 0 Å². The Labute approximate surface area is 98.8 Å². The van der Waals surface area contributed by atoms with Gasteiger partial charge in [0.05, 0.1) is 5.38 Å². The molecule has 0 radical (unpaired) electrons. The molecule has 0 aromatic heterocycles. The fourth-order valence-corrected chi connectivity index (χ4v) is 2.04. The molecule has 0 saturated heterocycles. The Kier molecular flexibility index (Phi) is 7.85. The van der Waals surface area contributed by atoms with Crippen LogP contribution in [0.4, 0.5) is 0 Å². The fourth-order valence-electron chi connectivity index (χ4n) is 1.61. The molecular formula is C12H24ClNO.